The zero-order chi connectivity index (χ0) is 22.0. The van der Waals surface area contributed by atoms with Crippen molar-refractivity contribution in [1.29, 1.82) is 0 Å². The highest BCUT2D eigenvalue weighted by Gasteiger charge is 2.28. The summed E-state index contributed by atoms with van der Waals surface area (Å²) in [6.07, 6.45) is -2.95. The number of nitrogens with zero attached hydrogens (tertiary/aromatic N) is 2. The zero-order valence-electron chi connectivity index (χ0n) is 16.8. The highest BCUT2D eigenvalue weighted by atomic mass is 16.5. The molecule has 29 heavy (non-hydrogen) atoms. The Hall–Kier alpha value is -1.79. The van der Waals surface area contributed by atoms with Crippen LogP contribution in [0.25, 0.3) is 0 Å². The van der Waals surface area contributed by atoms with Gasteiger partial charge in [0.05, 0.1) is 6.61 Å². The summed E-state index contributed by atoms with van der Waals surface area (Å²) in [6.45, 7) is 1.96. The first kappa shape index (κ1) is 25.2. The summed E-state index contributed by atoms with van der Waals surface area (Å²) >= 11 is 0. The molecule has 0 bridgehead atoms. The van der Waals surface area contributed by atoms with E-state index >= 15 is 0 Å². The molecule has 0 aromatic carbocycles. The fourth-order valence-corrected chi connectivity index (χ4v) is 2.94. The number of carbonyl (C=O) groups excluding carboxylic acids is 2. The number of aliphatic hydroxyl groups excluding tert-OH is 3. The van der Waals surface area contributed by atoms with Crippen LogP contribution in [0, 0.1) is 0 Å². The molecule has 1 saturated heterocycles. The van der Waals surface area contributed by atoms with E-state index in [4.69, 9.17) is 15.6 Å². The van der Waals surface area contributed by atoms with Gasteiger partial charge in [-0.25, -0.2) is 0 Å². The molecule has 0 aromatic heterocycles. The third-order valence-electron chi connectivity index (χ3n) is 4.88. The standard InChI is InChI=1S/C18H33N3O8/c1-12(22)21-8-7-20(16(25)5-4-13(19)18(27)28)6-2-3-9-29-11-15(24)17(26)14(23)10-21/h13-15,17,23-24,26H,2-11,19H2,1H3,(H,27,28)/t13-,14+,15-,17-/m1/s1. The second-order valence-corrected chi connectivity index (χ2v) is 7.24. The summed E-state index contributed by atoms with van der Waals surface area (Å²) in [5.41, 5.74) is 5.46. The van der Waals surface area contributed by atoms with Crippen molar-refractivity contribution in [3.05, 3.63) is 0 Å². The lowest BCUT2D eigenvalue weighted by molar-refractivity contribution is -0.140. The van der Waals surface area contributed by atoms with E-state index in [0.29, 0.717) is 26.0 Å². The average Bonchev–Trinajstić information content (AvgIpc) is 2.67. The van der Waals surface area contributed by atoms with Crippen molar-refractivity contribution >= 4 is 17.8 Å². The molecule has 0 unspecified atom stereocenters. The van der Waals surface area contributed by atoms with E-state index < -0.39 is 30.3 Å². The van der Waals surface area contributed by atoms with Crippen molar-refractivity contribution in [3.8, 4) is 0 Å². The summed E-state index contributed by atoms with van der Waals surface area (Å²) in [5, 5.41) is 38.9. The van der Waals surface area contributed by atoms with Crippen molar-refractivity contribution in [2.45, 2.75) is 57.0 Å². The van der Waals surface area contributed by atoms with Crippen LogP contribution in [0.15, 0.2) is 0 Å². The van der Waals surface area contributed by atoms with Gasteiger partial charge in [0.1, 0.15) is 24.4 Å². The van der Waals surface area contributed by atoms with Crippen LogP contribution < -0.4 is 5.73 Å². The van der Waals surface area contributed by atoms with Gasteiger partial charge in [-0.05, 0) is 19.3 Å². The highest BCUT2D eigenvalue weighted by molar-refractivity contribution is 5.78. The van der Waals surface area contributed by atoms with Gasteiger partial charge in [0.15, 0.2) is 0 Å². The molecule has 6 N–H and O–H groups in total. The molecule has 1 rings (SSSR count). The second-order valence-electron chi connectivity index (χ2n) is 7.24. The maximum atomic E-state index is 12.5. The van der Waals surface area contributed by atoms with Crippen LogP contribution in [-0.4, -0.2) is 112 Å². The first-order valence-electron chi connectivity index (χ1n) is 9.77. The van der Waals surface area contributed by atoms with Gasteiger partial charge in [-0.3, -0.25) is 14.4 Å². The molecule has 0 radical (unpaired) electrons. The summed E-state index contributed by atoms with van der Waals surface area (Å²) < 4.78 is 5.30. The van der Waals surface area contributed by atoms with Gasteiger partial charge in [-0.1, -0.05) is 0 Å². The molecule has 2 amide bonds. The monoisotopic (exact) mass is 419 g/mol. The first-order valence-corrected chi connectivity index (χ1v) is 9.77. The Labute approximate surface area is 170 Å². The SMILES string of the molecule is CC(=O)N1CCN(C(=O)CC[C@@H](N)C(=O)O)CCCCOC[C@@H](O)[C@H](O)[C@@H](O)C1. The molecular formula is C18H33N3O8. The number of hydrogen-bond donors (Lipinski definition) is 5. The van der Waals surface area contributed by atoms with Gasteiger partial charge in [0.2, 0.25) is 11.8 Å². The Bertz CT molecular complexity index is 547. The van der Waals surface area contributed by atoms with E-state index in [1.54, 1.807) is 0 Å². The Morgan fingerprint density at radius 1 is 1.07 bits per heavy atom. The Balaban J connectivity index is 2.81. The Morgan fingerprint density at radius 2 is 1.72 bits per heavy atom. The van der Waals surface area contributed by atoms with Gasteiger partial charge in [-0.2, -0.15) is 0 Å². The van der Waals surface area contributed by atoms with Gasteiger partial charge in [-0.15, -0.1) is 0 Å². The quantitative estimate of drug-likeness (QED) is 0.337. The smallest absolute Gasteiger partial charge is 0.320 e. The molecule has 0 aromatic rings. The topological polar surface area (TPSA) is 174 Å². The van der Waals surface area contributed by atoms with E-state index in [2.05, 4.69) is 0 Å². The normalized spacial score (nSPS) is 26.4. The summed E-state index contributed by atoms with van der Waals surface area (Å²) in [7, 11) is 0. The summed E-state index contributed by atoms with van der Waals surface area (Å²) in [5.74, 6) is -1.79. The molecule has 1 fully saturated rings. The van der Waals surface area contributed by atoms with Crippen LogP contribution in [-0.2, 0) is 19.1 Å². The molecule has 1 aliphatic rings. The Morgan fingerprint density at radius 3 is 2.34 bits per heavy atom. The maximum Gasteiger partial charge on any atom is 0.320 e. The molecule has 0 spiro atoms. The molecule has 168 valence electrons. The van der Waals surface area contributed by atoms with Crippen molar-refractivity contribution in [3.63, 3.8) is 0 Å². The van der Waals surface area contributed by atoms with Crippen molar-refractivity contribution in [2.75, 3.05) is 39.4 Å². The number of amides is 2. The lowest BCUT2D eigenvalue weighted by Crippen LogP contribution is -2.49. The fraction of sp³-hybridized carbons (Fsp3) is 0.833. The third kappa shape index (κ3) is 9.05. The third-order valence-corrected chi connectivity index (χ3v) is 4.88. The minimum absolute atomic E-state index is 0.00694. The van der Waals surface area contributed by atoms with Crippen molar-refractivity contribution in [2.24, 2.45) is 5.73 Å². The predicted molar refractivity (Wildman–Crippen MR) is 102 cm³/mol. The number of β-amino-alcohol motifs (C(OH)–C–C–N with tert-alkyl or cyclic N) is 1. The molecule has 11 heteroatoms. The molecule has 11 nitrogen and oxygen atoms in total. The average molecular weight is 419 g/mol. The van der Waals surface area contributed by atoms with E-state index in [-0.39, 0.29) is 50.9 Å². The minimum Gasteiger partial charge on any atom is -0.480 e. The number of rotatable bonds is 4. The first-order chi connectivity index (χ1) is 13.6. The molecule has 1 aliphatic heterocycles. The van der Waals surface area contributed by atoms with Crippen LogP contribution in [0.3, 0.4) is 0 Å². The Kier molecular flexibility index (Phi) is 11.1. The molecule has 4 atom stereocenters. The molecule has 0 saturated carbocycles. The van der Waals surface area contributed by atoms with Crippen LogP contribution in [0.1, 0.15) is 32.6 Å². The number of carboxylic acid groups (broad SMARTS) is 1. The minimum atomic E-state index is -1.48. The second kappa shape index (κ2) is 12.7. The number of aliphatic hydroxyl groups is 3. The number of nitrogens with two attached hydrogens (primary N) is 1. The maximum absolute atomic E-state index is 12.5. The molecule has 1 heterocycles. The van der Waals surface area contributed by atoms with Crippen LogP contribution in [0.2, 0.25) is 0 Å². The lowest BCUT2D eigenvalue weighted by Gasteiger charge is -2.31. The number of ether oxygens (including phenoxy) is 1. The van der Waals surface area contributed by atoms with Crippen molar-refractivity contribution in [1.82, 2.24) is 9.80 Å². The number of aliphatic carboxylic acids is 1. The number of carboxylic acids is 1. The van der Waals surface area contributed by atoms with E-state index in [0.717, 1.165) is 0 Å². The van der Waals surface area contributed by atoms with E-state index in [1.165, 1.54) is 16.7 Å². The fourth-order valence-electron chi connectivity index (χ4n) is 2.94. The van der Waals surface area contributed by atoms with Gasteiger partial charge < -0.3 is 40.7 Å². The molecule has 0 aliphatic carbocycles. The summed E-state index contributed by atoms with van der Waals surface area (Å²) in [4.78, 5) is 38.1. The summed E-state index contributed by atoms with van der Waals surface area (Å²) in [6, 6.07) is -1.12. The largest absolute Gasteiger partial charge is 0.480 e. The van der Waals surface area contributed by atoms with E-state index in [1.807, 2.05) is 0 Å². The van der Waals surface area contributed by atoms with E-state index in [9.17, 15) is 29.7 Å². The predicted octanol–water partition coefficient (Wildman–Crippen LogP) is -2.25. The van der Waals surface area contributed by atoms with Crippen LogP contribution in [0.4, 0.5) is 0 Å². The number of carbonyl (C=O) groups is 3. The van der Waals surface area contributed by atoms with Crippen LogP contribution in [0.5, 0.6) is 0 Å². The van der Waals surface area contributed by atoms with Gasteiger partial charge in [0.25, 0.3) is 0 Å². The molecular weight excluding hydrogens is 386 g/mol. The van der Waals surface area contributed by atoms with Gasteiger partial charge in [0, 0.05) is 46.1 Å². The zero-order valence-corrected chi connectivity index (χ0v) is 16.8. The highest BCUT2D eigenvalue weighted by Crippen LogP contribution is 2.09. The lowest BCUT2D eigenvalue weighted by atomic mass is 10.1. The van der Waals surface area contributed by atoms with Crippen molar-refractivity contribution < 1.29 is 39.5 Å². The van der Waals surface area contributed by atoms with Gasteiger partial charge >= 0.3 is 5.97 Å². The van der Waals surface area contributed by atoms with Crippen LogP contribution >= 0.6 is 0 Å². The number of hydrogen-bond acceptors (Lipinski definition) is 8.